The molecule has 2 atom stereocenters. The van der Waals surface area contributed by atoms with E-state index in [1.165, 1.54) is 24.4 Å². The van der Waals surface area contributed by atoms with Crippen LogP contribution in [-0.4, -0.2) is 23.3 Å². The molecule has 1 saturated heterocycles. The van der Waals surface area contributed by atoms with Gasteiger partial charge in [0.15, 0.2) is 0 Å². The average Bonchev–Trinajstić information content (AvgIpc) is 2.69. The van der Waals surface area contributed by atoms with Gasteiger partial charge in [-0.15, -0.1) is 11.3 Å². The predicted octanol–water partition coefficient (Wildman–Crippen LogP) is 3.60. The van der Waals surface area contributed by atoms with Gasteiger partial charge in [0.1, 0.15) is 0 Å². The van der Waals surface area contributed by atoms with Crippen molar-refractivity contribution in [3.63, 3.8) is 0 Å². The van der Waals surface area contributed by atoms with Crippen LogP contribution in [0, 0.1) is 11.8 Å². The van der Waals surface area contributed by atoms with Crippen LogP contribution in [0.2, 0.25) is 0 Å². The highest BCUT2D eigenvalue weighted by Gasteiger charge is 2.23. The zero-order chi connectivity index (χ0) is 10.7. The van der Waals surface area contributed by atoms with Crippen LogP contribution in [0.5, 0.6) is 0 Å². The lowest BCUT2D eigenvalue weighted by molar-refractivity contribution is 0.138. The molecule has 0 amide bonds. The Bertz CT molecular complexity index is 286. The Morgan fingerprint density at radius 3 is 3.07 bits per heavy atom. The Morgan fingerprint density at radius 2 is 2.40 bits per heavy atom. The van der Waals surface area contributed by atoms with E-state index in [1.54, 1.807) is 0 Å². The zero-order valence-electron chi connectivity index (χ0n) is 9.16. The molecule has 3 heteroatoms. The average molecular weight is 288 g/mol. The molecule has 1 aromatic rings. The van der Waals surface area contributed by atoms with Crippen LogP contribution in [0.3, 0.4) is 0 Å². The fraction of sp³-hybridized carbons (Fsp3) is 0.667. The molecule has 0 aliphatic carbocycles. The fourth-order valence-corrected chi connectivity index (χ4v) is 3.68. The summed E-state index contributed by atoms with van der Waals surface area (Å²) in [6.07, 6.45) is 1.38. The van der Waals surface area contributed by atoms with Crippen LogP contribution in [0.15, 0.2) is 17.5 Å². The topological polar surface area (TPSA) is 3.24 Å². The first-order chi connectivity index (χ1) is 7.28. The van der Waals surface area contributed by atoms with Crippen LogP contribution in [0.4, 0.5) is 0 Å². The number of hydrogen-bond donors (Lipinski definition) is 0. The van der Waals surface area contributed by atoms with Gasteiger partial charge in [-0.2, -0.15) is 0 Å². The monoisotopic (exact) mass is 287 g/mol. The van der Waals surface area contributed by atoms with Crippen molar-refractivity contribution in [2.45, 2.75) is 19.9 Å². The highest BCUT2D eigenvalue weighted by Crippen LogP contribution is 2.25. The molecule has 2 heterocycles. The van der Waals surface area contributed by atoms with Crippen molar-refractivity contribution in [2.24, 2.45) is 11.8 Å². The standard InChI is InChI=1S/C12H18BrNS/c1-10-5-11(6-13)8-14(7-10)9-12-3-2-4-15-12/h2-4,10-11H,5-9H2,1H3. The number of thiophene rings is 1. The molecule has 1 aliphatic rings. The Hall–Kier alpha value is 0.140. The van der Waals surface area contributed by atoms with Crippen molar-refractivity contribution >= 4 is 27.3 Å². The molecule has 15 heavy (non-hydrogen) atoms. The Labute approximate surface area is 105 Å². The van der Waals surface area contributed by atoms with Crippen molar-refractivity contribution in [1.29, 1.82) is 0 Å². The molecule has 2 rings (SSSR count). The highest BCUT2D eigenvalue weighted by atomic mass is 79.9. The van der Waals surface area contributed by atoms with Crippen molar-refractivity contribution in [2.75, 3.05) is 18.4 Å². The summed E-state index contributed by atoms with van der Waals surface area (Å²) in [5.41, 5.74) is 0. The largest absolute Gasteiger partial charge is 0.298 e. The second-order valence-electron chi connectivity index (χ2n) is 4.63. The van der Waals surface area contributed by atoms with Gasteiger partial charge in [-0.1, -0.05) is 28.9 Å². The maximum Gasteiger partial charge on any atom is 0.0328 e. The predicted molar refractivity (Wildman–Crippen MR) is 70.7 cm³/mol. The van der Waals surface area contributed by atoms with E-state index in [0.29, 0.717) is 0 Å². The molecule has 1 fully saturated rings. The molecular formula is C12H18BrNS. The van der Waals surface area contributed by atoms with E-state index in [4.69, 9.17) is 0 Å². The van der Waals surface area contributed by atoms with Gasteiger partial charge in [-0.3, -0.25) is 4.90 Å². The van der Waals surface area contributed by atoms with Gasteiger partial charge in [0.2, 0.25) is 0 Å². The van der Waals surface area contributed by atoms with Crippen LogP contribution in [0.1, 0.15) is 18.2 Å². The Kier molecular flexibility index (Phi) is 4.23. The Balaban J connectivity index is 1.91. The van der Waals surface area contributed by atoms with E-state index in [9.17, 15) is 0 Å². The van der Waals surface area contributed by atoms with E-state index < -0.39 is 0 Å². The summed E-state index contributed by atoms with van der Waals surface area (Å²) in [6, 6.07) is 4.39. The first kappa shape index (κ1) is 11.6. The SMILES string of the molecule is CC1CC(CBr)CN(Cc2cccs2)C1. The molecule has 0 radical (unpaired) electrons. The summed E-state index contributed by atoms with van der Waals surface area (Å²) >= 11 is 5.49. The number of halogens is 1. The molecular weight excluding hydrogens is 270 g/mol. The minimum Gasteiger partial charge on any atom is -0.298 e. The smallest absolute Gasteiger partial charge is 0.0328 e. The molecule has 0 saturated carbocycles. The van der Waals surface area contributed by atoms with Crippen molar-refractivity contribution in [3.8, 4) is 0 Å². The Morgan fingerprint density at radius 1 is 1.53 bits per heavy atom. The quantitative estimate of drug-likeness (QED) is 0.768. The van der Waals surface area contributed by atoms with Gasteiger partial charge in [-0.25, -0.2) is 0 Å². The lowest BCUT2D eigenvalue weighted by Gasteiger charge is -2.35. The second-order valence-corrected chi connectivity index (χ2v) is 6.31. The summed E-state index contributed by atoms with van der Waals surface area (Å²) < 4.78 is 0. The minimum atomic E-state index is 0.841. The van der Waals surface area contributed by atoms with Crippen molar-refractivity contribution in [3.05, 3.63) is 22.4 Å². The number of alkyl halides is 1. The zero-order valence-corrected chi connectivity index (χ0v) is 11.6. The second kappa shape index (κ2) is 5.46. The molecule has 1 nitrogen and oxygen atoms in total. The van der Waals surface area contributed by atoms with Gasteiger partial charge < -0.3 is 0 Å². The van der Waals surface area contributed by atoms with Gasteiger partial charge in [-0.05, 0) is 29.7 Å². The van der Waals surface area contributed by atoms with E-state index in [2.05, 4.69) is 45.3 Å². The third-order valence-corrected chi connectivity index (χ3v) is 4.78. The number of piperidine rings is 1. The molecule has 0 bridgehead atoms. The molecule has 1 aliphatic heterocycles. The normalized spacial score (nSPS) is 28.1. The highest BCUT2D eigenvalue weighted by molar-refractivity contribution is 9.09. The number of hydrogen-bond acceptors (Lipinski definition) is 2. The van der Waals surface area contributed by atoms with Gasteiger partial charge in [0, 0.05) is 29.8 Å². The van der Waals surface area contributed by atoms with Gasteiger partial charge >= 0.3 is 0 Å². The molecule has 0 N–H and O–H groups in total. The number of nitrogens with zero attached hydrogens (tertiary/aromatic N) is 1. The molecule has 2 unspecified atom stereocenters. The van der Waals surface area contributed by atoms with Gasteiger partial charge in [0.05, 0.1) is 0 Å². The summed E-state index contributed by atoms with van der Waals surface area (Å²) in [5.74, 6) is 1.69. The minimum absolute atomic E-state index is 0.841. The molecule has 84 valence electrons. The first-order valence-electron chi connectivity index (χ1n) is 5.58. The lowest BCUT2D eigenvalue weighted by atomic mass is 9.92. The van der Waals surface area contributed by atoms with E-state index >= 15 is 0 Å². The number of likely N-dealkylation sites (tertiary alicyclic amines) is 1. The van der Waals surface area contributed by atoms with Crippen molar-refractivity contribution < 1.29 is 0 Å². The van der Waals surface area contributed by atoms with E-state index in [1.807, 2.05) is 11.3 Å². The van der Waals surface area contributed by atoms with Crippen molar-refractivity contribution in [1.82, 2.24) is 4.90 Å². The third-order valence-electron chi connectivity index (χ3n) is 3.00. The maximum atomic E-state index is 3.62. The summed E-state index contributed by atoms with van der Waals surface area (Å²) in [7, 11) is 0. The first-order valence-corrected chi connectivity index (χ1v) is 7.58. The maximum absolute atomic E-state index is 3.62. The summed E-state index contributed by atoms with van der Waals surface area (Å²) in [5, 5.41) is 3.32. The van der Waals surface area contributed by atoms with Gasteiger partial charge in [0.25, 0.3) is 0 Å². The number of rotatable bonds is 3. The van der Waals surface area contributed by atoms with Crippen LogP contribution < -0.4 is 0 Å². The van der Waals surface area contributed by atoms with Crippen LogP contribution in [0.25, 0.3) is 0 Å². The molecule has 0 spiro atoms. The summed E-state index contributed by atoms with van der Waals surface area (Å²) in [4.78, 5) is 4.10. The van der Waals surface area contributed by atoms with Crippen LogP contribution in [-0.2, 0) is 6.54 Å². The van der Waals surface area contributed by atoms with E-state index in [-0.39, 0.29) is 0 Å². The lowest BCUT2D eigenvalue weighted by Crippen LogP contribution is -2.39. The molecule has 1 aromatic heterocycles. The van der Waals surface area contributed by atoms with Crippen LogP contribution >= 0.6 is 27.3 Å². The van der Waals surface area contributed by atoms with E-state index in [0.717, 1.165) is 23.7 Å². The summed E-state index contributed by atoms with van der Waals surface area (Å²) in [6.45, 7) is 6.04. The molecule has 0 aromatic carbocycles. The fourth-order valence-electron chi connectivity index (χ4n) is 2.46. The third kappa shape index (κ3) is 3.30.